The van der Waals surface area contributed by atoms with Gasteiger partial charge in [0.15, 0.2) is 24.3 Å². The summed E-state index contributed by atoms with van der Waals surface area (Å²) >= 11 is 0. The van der Waals surface area contributed by atoms with Crippen LogP contribution in [0.3, 0.4) is 0 Å². The molecular formula is C8H16O4S2. The van der Waals surface area contributed by atoms with Gasteiger partial charge >= 0.3 is 0 Å². The van der Waals surface area contributed by atoms with E-state index in [-0.39, 0.29) is 17.9 Å². The van der Waals surface area contributed by atoms with Gasteiger partial charge in [-0.25, -0.2) is 16.8 Å². The molecule has 0 radical (unpaired) electrons. The summed E-state index contributed by atoms with van der Waals surface area (Å²) in [4.78, 5) is 0. The Balaban J connectivity index is 5.28. The molecule has 0 aliphatic carbocycles. The predicted octanol–water partition coefficient (Wildman–Crippen LogP) is 0.758. The van der Waals surface area contributed by atoms with Crippen LogP contribution in [0, 0.1) is 0 Å². The Morgan fingerprint density at radius 1 is 1.07 bits per heavy atom. The molecule has 0 atom stereocenters. The van der Waals surface area contributed by atoms with E-state index in [1.807, 2.05) is 0 Å². The van der Waals surface area contributed by atoms with Gasteiger partial charge in [-0.05, 0) is 6.42 Å². The van der Waals surface area contributed by atoms with Crippen molar-refractivity contribution in [1.29, 1.82) is 0 Å². The maximum absolute atomic E-state index is 11.5. The van der Waals surface area contributed by atoms with Crippen LogP contribution in [-0.4, -0.2) is 32.9 Å². The highest BCUT2D eigenvalue weighted by Crippen LogP contribution is 2.16. The molecule has 0 aromatic rings. The molecule has 0 aliphatic heterocycles. The Kier molecular flexibility index (Phi) is 4.80. The van der Waals surface area contributed by atoms with Gasteiger partial charge in [0, 0.05) is 11.5 Å². The van der Waals surface area contributed by atoms with E-state index in [0.29, 0.717) is 0 Å². The summed E-state index contributed by atoms with van der Waals surface area (Å²) in [5.74, 6) is -0.324. The van der Waals surface area contributed by atoms with E-state index >= 15 is 0 Å². The molecule has 14 heavy (non-hydrogen) atoms. The summed E-state index contributed by atoms with van der Waals surface area (Å²) in [6, 6.07) is 0. The quantitative estimate of drug-likeness (QED) is 0.643. The zero-order valence-corrected chi connectivity index (χ0v) is 10.1. The fourth-order valence-electron chi connectivity index (χ4n) is 1.02. The molecule has 0 heterocycles. The van der Waals surface area contributed by atoms with E-state index in [1.54, 1.807) is 0 Å². The highest BCUT2D eigenvalue weighted by Gasteiger charge is 2.33. The molecule has 0 unspecified atom stereocenters. The van der Waals surface area contributed by atoms with Crippen molar-refractivity contribution in [2.24, 2.45) is 0 Å². The molecule has 0 aromatic heterocycles. The maximum Gasteiger partial charge on any atom is 0.167 e. The van der Waals surface area contributed by atoms with Gasteiger partial charge in [-0.3, -0.25) is 0 Å². The van der Waals surface area contributed by atoms with Crippen LogP contribution in [0.25, 0.3) is 0 Å². The second-order valence-electron chi connectivity index (χ2n) is 2.86. The Morgan fingerprint density at radius 2 is 1.43 bits per heavy atom. The Hall–Kier alpha value is -0.360. The van der Waals surface area contributed by atoms with E-state index in [2.05, 4.69) is 6.58 Å². The van der Waals surface area contributed by atoms with Crippen molar-refractivity contribution in [2.45, 2.75) is 24.9 Å². The van der Waals surface area contributed by atoms with Crippen LogP contribution in [0.15, 0.2) is 12.7 Å². The molecule has 0 aromatic carbocycles. The fraction of sp³-hybridized carbons (Fsp3) is 0.750. The van der Waals surface area contributed by atoms with Gasteiger partial charge < -0.3 is 0 Å². The number of allylic oxidation sites excluding steroid dienone is 1. The third-order valence-corrected chi connectivity index (χ3v) is 7.32. The Morgan fingerprint density at radius 3 is 1.64 bits per heavy atom. The summed E-state index contributed by atoms with van der Waals surface area (Å²) in [6.45, 7) is 6.25. The molecule has 0 fully saturated rings. The first-order valence-corrected chi connectivity index (χ1v) is 7.79. The fourth-order valence-corrected chi connectivity index (χ4v) is 5.23. The smallest absolute Gasteiger partial charge is 0.167 e. The van der Waals surface area contributed by atoms with Crippen molar-refractivity contribution >= 4 is 19.7 Å². The number of sulfone groups is 2. The summed E-state index contributed by atoms with van der Waals surface area (Å²) in [6.07, 6.45) is 1.29. The average Bonchev–Trinajstić information content (AvgIpc) is 2.13. The van der Waals surface area contributed by atoms with Gasteiger partial charge in [0.05, 0.1) is 0 Å². The average molecular weight is 240 g/mol. The predicted molar refractivity (Wildman–Crippen MR) is 57.5 cm³/mol. The highest BCUT2D eigenvalue weighted by atomic mass is 32.3. The molecule has 0 N–H and O–H groups in total. The molecule has 0 rings (SSSR count). The maximum atomic E-state index is 11.5. The molecule has 0 saturated carbocycles. The molecule has 0 aliphatic rings. The zero-order valence-electron chi connectivity index (χ0n) is 8.43. The molecular weight excluding hydrogens is 224 g/mol. The zero-order chi connectivity index (χ0) is 11.4. The Bertz CT molecular complexity index is 344. The van der Waals surface area contributed by atoms with Crippen LogP contribution >= 0.6 is 0 Å². The minimum absolute atomic E-state index is 0.0354. The topological polar surface area (TPSA) is 68.3 Å². The minimum Gasteiger partial charge on any atom is -0.227 e. The van der Waals surface area contributed by atoms with Crippen LogP contribution in [0.5, 0.6) is 0 Å². The van der Waals surface area contributed by atoms with Gasteiger partial charge in [0.1, 0.15) is 0 Å². The largest absolute Gasteiger partial charge is 0.227 e. The number of hydrogen-bond acceptors (Lipinski definition) is 4. The highest BCUT2D eigenvalue weighted by molar-refractivity contribution is 8.09. The first-order valence-electron chi connectivity index (χ1n) is 4.35. The molecule has 0 amide bonds. The molecule has 0 saturated heterocycles. The third kappa shape index (κ3) is 3.09. The van der Waals surface area contributed by atoms with Gasteiger partial charge in [-0.2, -0.15) is 0 Å². The lowest BCUT2D eigenvalue weighted by Gasteiger charge is -2.14. The van der Waals surface area contributed by atoms with Crippen molar-refractivity contribution in [3.05, 3.63) is 12.7 Å². The molecule has 6 heteroatoms. The normalized spacial score (nSPS) is 13.1. The van der Waals surface area contributed by atoms with E-state index in [0.717, 1.165) is 0 Å². The first-order chi connectivity index (χ1) is 6.31. The second-order valence-corrected chi connectivity index (χ2v) is 8.10. The Labute approximate surface area is 85.9 Å². The SMILES string of the molecule is C=CCC(S(=O)(=O)CC)S(=O)(=O)CC. The summed E-state index contributed by atoms with van der Waals surface area (Å²) in [7, 11) is -7.10. The van der Waals surface area contributed by atoms with E-state index in [1.165, 1.54) is 19.9 Å². The molecule has 84 valence electrons. The summed E-state index contributed by atoms with van der Waals surface area (Å²) in [5, 5.41) is 0. The van der Waals surface area contributed by atoms with Crippen LogP contribution in [-0.2, 0) is 19.7 Å². The van der Waals surface area contributed by atoms with Crippen LogP contribution in [0.2, 0.25) is 0 Å². The van der Waals surface area contributed by atoms with Crippen LogP contribution < -0.4 is 0 Å². The van der Waals surface area contributed by atoms with Gasteiger partial charge in [-0.1, -0.05) is 19.9 Å². The standard InChI is InChI=1S/C8H16O4S2/c1-4-7-8(13(9,10)5-2)14(11,12)6-3/h4,8H,1,5-7H2,2-3H3. The first kappa shape index (κ1) is 13.6. The third-order valence-electron chi connectivity index (χ3n) is 1.96. The van der Waals surface area contributed by atoms with Crippen molar-refractivity contribution in [3.63, 3.8) is 0 Å². The lowest BCUT2D eigenvalue weighted by atomic mass is 10.5. The van der Waals surface area contributed by atoms with Gasteiger partial charge in [0.2, 0.25) is 0 Å². The summed E-state index contributed by atoms with van der Waals surface area (Å²) in [5.41, 5.74) is 0. The number of rotatable bonds is 6. The van der Waals surface area contributed by atoms with Crippen molar-refractivity contribution in [2.75, 3.05) is 11.5 Å². The van der Waals surface area contributed by atoms with Crippen LogP contribution in [0.1, 0.15) is 20.3 Å². The van der Waals surface area contributed by atoms with E-state index in [9.17, 15) is 16.8 Å². The minimum atomic E-state index is -3.55. The van der Waals surface area contributed by atoms with E-state index in [4.69, 9.17) is 0 Å². The van der Waals surface area contributed by atoms with Crippen molar-refractivity contribution in [3.8, 4) is 0 Å². The van der Waals surface area contributed by atoms with E-state index < -0.39 is 24.3 Å². The summed E-state index contributed by atoms with van der Waals surface area (Å²) < 4.78 is 44.6. The monoisotopic (exact) mass is 240 g/mol. The van der Waals surface area contributed by atoms with Crippen molar-refractivity contribution in [1.82, 2.24) is 0 Å². The number of hydrogen-bond donors (Lipinski definition) is 0. The lowest BCUT2D eigenvalue weighted by Crippen LogP contribution is -2.32. The molecule has 0 bridgehead atoms. The lowest BCUT2D eigenvalue weighted by molar-refractivity contribution is 0.575. The van der Waals surface area contributed by atoms with Gasteiger partial charge in [0.25, 0.3) is 0 Å². The molecule has 0 spiro atoms. The second kappa shape index (κ2) is 4.93. The molecule has 4 nitrogen and oxygen atoms in total. The van der Waals surface area contributed by atoms with Crippen LogP contribution in [0.4, 0.5) is 0 Å². The van der Waals surface area contributed by atoms with Crippen molar-refractivity contribution < 1.29 is 16.8 Å². The van der Waals surface area contributed by atoms with Gasteiger partial charge in [-0.15, -0.1) is 6.58 Å².